The molecule has 7 heteroatoms. The molecule has 0 atom stereocenters. The van der Waals surface area contributed by atoms with Crippen molar-refractivity contribution in [3.05, 3.63) is 29.6 Å². The fourth-order valence-electron chi connectivity index (χ4n) is 1.82. The van der Waals surface area contributed by atoms with E-state index in [9.17, 15) is 18.0 Å². The molecule has 0 radical (unpaired) electrons. The Labute approximate surface area is 102 Å². The maximum Gasteiger partial charge on any atom is 0.433 e. The Balaban J connectivity index is 1.90. The van der Waals surface area contributed by atoms with Crippen LogP contribution in [-0.2, 0) is 17.5 Å². The number of halogens is 3. The quantitative estimate of drug-likeness (QED) is 0.881. The third-order valence-corrected chi connectivity index (χ3v) is 2.88. The lowest BCUT2D eigenvalue weighted by Crippen LogP contribution is -2.51. The molecular formula is C11H12F3N3O. The average molecular weight is 259 g/mol. The fraction of sp³-hybridized carbons (Fsp3) is 0.455. The number of amides is 1. The second-order valence-electron chi connectivity index (χ2n) is 4.34. The molecule has 0 aliphatic carbocycles. The molecule has 0 bridgehead atoms. The average Bonchev–Trinajstić information content (AvgIpc) is 2.21. The Morgan fingerprint density at radius 1 is 1.44 bits per heavy atom. The van der Waals surface area contributed by atoms with Crippen LogP contribution in [0.1, 0.15) is 11.3 Å². The maximum atomic E-state index is 12.3. The molecular weight excluding hydrogens is 247 g/mol. The minimum Gasteiger partial charge on any atom is -0.369 e. The van der Waals surface area contributed by atoms with Crippen LogP contribution in [0.25, 0.3) is 0 Å². The lowest BCUT2D eigenvalue weighted by molar-refractivity contribution is -0.141. The zero-order chi connectivity index (χ0) is 13.3. The highest BCUT2D eigenvalue weighted by Crippen LogP contribution is 2.27. The summed E-state index contributed by atoms with van der Waals surface area (Å²) in [6, 6.07) is 2.36. The van der Waals surface area contributed by atoms with E-state index in [1.807, 2.05) is 4.90 Å². The number of pyridine rings is 1. The predicted molar refractivity (Wildman–Crippen MR) is 57.2 cm³/mol. The van der Waals surface area contributed by atoms with Gasteiger partial charge in [-0.2, -0.15) is 13.2 Å². The first kappa shape index (κ1) is 12.8. The molecule has 1 aliphatic rings. The van der Waals surface area contributed by atoms with E-state index in [1.165, 1.54) is 12.3 Å². The number of rotatable bonds is 3. The topological polar surface area (TPSA) is 59.2 Å². The number of carbonyl (C=O) groups is 1. The number of nitrogens with two attached hydrogens (primary N) is 1. The Kier molecular flexibility index (Phi) is 3.25. The smallest absolute Gasteiger partial charge is 0.369 e. The minimum absolute atomic E-state index is 0.146. The van der Waals surface area contributed by atoms with Gasteiger partial charge in [0.05, 0.1) is 5.92 Å². The molecule has 0 spiro atoms. The third kappa shape index (κ3) is 2.79. The highest BCUT2D eigenvalue weighted by molar-refractivity contribution is 5.78. The van der Waals surface area contributed by atoms with Crippen LogP contribution in [0.3, 0.4) is 0 Å². The van der Waals surface area contributed by atoms with E-state index < -0.39 is 11.9 Å². The second-order valence-corrected chi connectivity index (χ2v) is 4.34. The lowest BCUT2D eigenvalue weighted by Gasteiger charge is -2.37. The van der Waals surface area contributed by atoms with Crippen LogP contribution in [0.5, 0.6) is 0 Å². The first-order valence-corrected chi connectivity index (χ1v) is 5.40. The molecule has 1 aromatic rings. The molecule has 4 nitrogen and oxygen atoms in total. The lowest BCUT2D eigenvalue weighted by atomic mass is 9.99. The van der Waals surface area contributed by atoms with Crippen molar-refractivity contribution in [1.82, 2.24) is 9.88 Å². The van der Waals surface area contributed by atoms with Gasteiger partial charge in [0.25, 0.3) is 0 Å². The second kappa shape index (κ2) is 4.56. The molecule has 1 saturated heterocycles. The van der Waals surface area contributed by atoms with Gasteiger partial charge in [-0.3, -0.25) is 14.7 Å². The predicted octanol–water partition coefficient (Wildman–Crippen LogP) is 1.02. The molecule has 2 heterocycles. The first-order valence-electron chi connectivity index (χ1n) is 5.40. The molecule has 1 aliphatic heterocycles. The summed E-state index contributed by atoms with van der Waals surface area (Å²) in [5, 5.41) is 0. The number of aromatic nitrogens is 1. The van der Waals surface area contributed by atoms with E-state index in [2.05, 4.69) is 4.98 Å². The van der Waals surface area contributed by atoms with Crippen LogP contribution in [0.2, 0.25) is 0 Å². The third-order valence-electron chi connectivity index (χ3n) is 2.88. The molecule has 18 heavy (non-hydrogen) atoms. The Morgan fingerprint density at radius 2 is 2.11 bits per heavy atom. The van der Waals surface area contributed by atoms with Gasteiger partial charge in [-0.05, 0) is 11.6 Å². The van der Waals surface area contributed by atoms with E-state index in [0.717, 1.165) is 6.07 Å². The van der Waals surface area contributed by atoms with Crippen molar-refractivity contribution in [2.24, 2.45) is 11.7 Å². The van der Waals surface area contributed by atoms with Gasteiger partial charge in [0.1, 0.15) is 5.69 Å². The number of likely N-dealkylation sites (tertiary alicyclic amines) is 1. The van der Waals surface area contributed by atoms with E-state index in [-0.39, 0.29) is 11.8 Å². The Hall–Kier alpha value is -1.63. The maximum absolute atomic E-state index is 12.3. The summed E-state index contributed by atoms with van der Waals surface area (Å²) in [5.74, 6) is -0.482. The van der Waals surface area contributed by atoms with Crippen LogP contribution in [0.4, 0.5) is 13.2 Å². The number of hydrogen-bond donors (Lipinski definition) is 1. The normalized spacial score (nSPS) is 17.5. The van der Waals surface area contributed by atoms with Gasteiger partial charge in [0, 0.05) is 25.8 Å². The number of nitrogens with zero attached hydrogens (tertiary/aromatic N) is 2. The van der Waals surface area contributed by atoms with Crippen molar-refractivity contribution < 1.29 is 18.0 Å². The highest BCUT2D eigenvalue weighted by atomic mass is 19.4. The van der Waals surface area contributed by atoms with Crippen LogP contribution in [0.15, 0.2) is 18.3 Å². The van der Waals surface area contributed by atoms with Gasteiger partial charge >= 0.3 is 6.18 Å². The molecule has 2 N–H and O–H groups in total. The summed E-state index contributed by atoms with van der Waals surface area (Å²) in [7, 11) is 0. The van der Waals surface area contributed by atoms with Gasteiger partial charge in [-0.25, -0.2) is 0 Å². The molecule has 0 unspecified atom stereocenters. The Bertz CT molecular complexity index is 438. The van der Waals surface area contributed by atoms with Crippen molar-refractivity contribution in [1.29, 1.82) is 0 Å². The van der Waals surface area contributed by atoms with Crippen LogP contribution >= 0.6 is 0 Å². The van der Waals surface area contributed by atoms with Gasteiger partial charge in [-0.15, -0.1) is 0 Å². The molecule has 0 saturated carbocycles. The summed E-state index contributed by atoms with van der Waals surface area (Å²) in [5.41, 5.74) is 4.91. The number of primary amides is 1. The van der Waals surface area contributed by atoms with Gasteiger partial charge in [-0.1, -0.05) is 6.07 Å². The molecule has 1 aromatic heterocycles. The SMILES string of the molecule is NC(=O)C1CN(Cc2ccc(C(F)(F)F)nc2)C1. The summed E-state index contributed by atoms with van der Waals surface area (Å²) in [6.07, 6.45) is -3.20. The zero-order valence-corrected chi connectivity index (χ0v) is 9.44. The van der Waals surface area contributed by atoms with Gasteiger partial charge in [0.15, 0.2) is 0 Å². The molecule has 1 amide bonds. The van der Waals surface area contributed by atoms with Crippen LogP contribution < -0.4 is 5.73 Å². The summed E-state index contributed by atoms with van der Waals surface area (Å²) < 4.78 is 36.8. The summed E-state index contributed by atoms with van der Waals surface area (Å²) >= 11 is 0. The first-order chi connectivity index (χ1) is 8.36. The minimum atomic E-state index is -4.41. The fourth-order valence-corrected chi connectivity index (χ4v) is 1.82. The van der Waals surface area contributed by atoms with E-state index in [4.69, 9.17) is 5.73 Å². The van der Waals surface area contributed by atoms with Crippen LogP contribution in [-0.4, -0.2) is 28.9 Å². The summed E-state index contributed by atoms with van der Waals surface area (Å²) in [4.78, 5) is 16.1. The van der Waals surface area contributed by atoms with Crippen molar-refractivity contribution in [3.63, 3.8) is 0 Å². The molecule has 98 valence electrons. The van der Waals surface area contributed by atoms with E-state index in [0.29, 0.717) is 25.2 Å². The van der Waals surface area contributed by atoms with E-state index in [1.54, 1.807) is 0 Å². The standard InChI is InChI=1S/C11H12F3N3O/c12-11(13,14)9-2-1-7(3-16-9)4-17-5-8(6-17)10(15)18/h1-3,8H,4-6H2,(H2,15,18). The highest BCUT2D eigenvalue weighted by Gasteiger charge is 2.33. The molecule has 1 fully saturated rings. The van der Waals surface area contributed by atoms with Gasteiger partial charge in [0.2, 0.25) is 5.91 Å². The molecule has 2 rings (SSSR count). The monoisotopic (exact) mass is 259 g/mol. The Morgan fingerprint density at radius 3 is 2.56 bits per heavy atom. The zero-order valence-electron chi connectivity index (χ0n) is 9.44. The van der Waals surface area contributed by atoms with E-state index >= 15 is 0 Å². The number of alkyl halides is 3. The van der Waals surface area contributed by atoms with Crippen molar-refractivity contribution in [3.8, 4) is 0 Å². The van der Waals surface area contributed by atoms with Crippen molar-refractivity contribution >= 4 is 5.91 Å². The summed E-state index contributed by atoms with van der Waals surface area (Å²) in [6.45, 7) is 1.58. The number of hydrogen-bond acceptors (Lipinski definition) is 3. The molecule has 0 aromatic carbocycles. The van der Waals surface area contributed by atoms with Crippen molar-refractivity contribution in [2.75, 3.05) is 13.1 Å². The van der Waals surface area contributed by atoms with Crippen LogP contribution in [0, 0.1) is 5.92 Å². The largest absolute Gasteiger partial charge is 0.433 e. The van der Waals surface area contributed by atoms with Gasteiger partial charge < -0.3 is 5.73 Å². The number of carbonyl (C=O) groups excluding carboxylic acids is 1. The van der Waals surface area contributed by atoms with Crippen molar-refractivity contribution in [2.45, 2.75) is 12.7 Å².